The minimum atomic E-state index is -0.321. The van der Waals surface area contributed by atoms with E-state index in [1.165, 1.54) is 25.7 Å². The van der Waals surface area contributed by atoms with E-state index in [0.29, 0.717) is 35.7 Å². The summed E-state index contributed by atoms with van der Waals surface area (Å²) in [5, 5.41) is 17.8. The molecule has 3 fully saturated rings. The van der Waals surface area contributed by atoms with Crippen LogP contribution in [-0.4, -0.2) is 30.7 Å². The highest BCUT2D eigenvalue weighted by molar-refractivity contribution is 5.62. The van der Waals surface area contributed by atoms with Gasteiger partial charge in [0.2, 0.25) is 0 Å². The highest BCUT2D eigenvalue weighted by atomic mass is 16.6. The van der Waals surface area contributed by atoms with Gasteiger partial charge in [0.05, 0.1) is 11.0 Å². The average Bonchev–Trinajstić information content (AvgIpc) is 3.23. The molecule has 1 aromatic carbocycles. The molecule has 6 nitrogen and oxygen atoms in total. The number of ether oxygens (including phenoxy) is 1. The monoisotopic (exact) mass is 331 g/mol. The maximum atomic E-state index is 11.2. The number of nitro benzene ring substituents is 1. The number of nitro groups is 1. The highest BCUT2D eigenvalue weighted by Gasteiger charge is 2.64. The summed E-state index contributed by atoms with van der Waals surface area (Å²) in [6.07, 6.45) is 6.69. The lowest BCUT2D eigenvalue weighted by molar-refractivity contribution is -0.384. The van der Waals surface area contributed by atoms with Crippen molar-refractivity contribution in [3.8, 4) is 0 Å². The lowest BCUT2D eigenvalue weighted by Crippen LogP contribution is -2.67. The van der Waals surface area contributed by atoms with Gasteiger partial charge in [0.1, 0.15) is 5.69 Å². The van der Waals surface area contributed by atoms with E-state index in [1.54, 1.807) is 19.2 Å². The van der Waals surface area contributed by atoms with E-state index in [-0.39, 0.29) is 10.6 Å². The maximum absolute atomic E-state index is 11.2. The fourth-order valence-corrected chi connectivity index (χ4v) is 5.29. The molecule has 0 aromatic heterocycles. The second-order valence-corrected chi connectivity index (χ2v) is 7.40. The van der Waals surface area contributed by atoms with Crippen LogP contribution >= 0.6 is 0 Å². The molecule has 1 saturated heterocycles. The highest BCUT2D eigenvalue weighted by Crippen LogP contribution is 2.60. The minimum absolute atomic E-state index is 0.142. The van der Waals surface area contributed by atoms with Crippen LogP contribution in [0.25, 0.3) is 0 Å². The number of hydrogen-bond donors (Lipinski definition) is 2. The zero-order valence-electron chi connectivity index (χ0n) is 14.1. The molecule has 130 valence electrons. The van der Waals surface area contributed by atoms with Crippen LogP contribution in [0, 0.1) is 21.4 Å². The first kappa shape index (κ1) is 15.8. The van der Waals surface area contributed by atoms with Crippen molar-refractivity contribution in [1.82, 2.24) is 5.32 Å². The Morgan fingerprint density at radius 2 is 2.17 bits per heavy atom. The van der Waals surface area contributed by atoms with Crippen LogP contribution in [-0.2, 0) is 11.3 Å². The molecule has 2 aliphatic carbocycles. The standard InChI is InChI=1S/C18H25N3O3/c1-19-14-5-4-12(10-15(14)21(22)23)11-20-16-13-6-9-24-17(13)18(16)7-2-3-8-18/h4-5,10,13,16-17,19-20H,2-3,6-9,11H2,1H3/t13-,16+,17-/m0/s1. The largest absolute Gasteiger partial charge is 0.383 e. The molecule has 1 aromatic rings. The Morgan fingerprint density at radius 1 is 1.38 bits per heavy atom. The number of anilines is 1. The molecule has 3 aliphatic rings. The molecule has 6 heteroatoms. The van der Waals surface area contributed by atoms with Crippen LogP contribution in [0.5, 0.6) is 0 Å². The average molecular weight is 331 g/mol. The van der Waals surface area contributed by atoms with Gasteiger partial charge in [-0.15, -0.1) is 0 Å². The summed E-state index contributed by atoms with van der Waals surface area (Å²) < 4.78 is 6.02. The Hall–Kier alpha value is -1.66. The van der Waals surface area contributed by atoms with Gasteiger partial charge in [-0.25, -0.2) is 0 Å². The maximum Gasteiger partial charge on any atom is 0.292 e. The van der Waals surface area contributed by atoms with Gasteiger partial charge in [0.25, 0.3) is 5.69 Å². The zero-order valence-corrected chi connectivity index (χ0v) is 14.1. The van der Waals surface area contributed by atoms with Crippen molar-refractivity contribution in [2.24, 2.45) is 11.3 Å². The van der Waals surface area contributed by atoms with Gasteiger partial charge < -0.3 is 15.4 Å². The van der Waals surface area contributed by atoms with Crippen molar-refractivity contribution in [1.29, 1.82) is 0 Å². The van der Waals surface area contributed by atoms with Crippen molar-refractivity contribution in [2.45, 2.75) is 50.8 Å². The van der Waals surface area contributed by atoms with E-state index in [0.717, 1.165) is 18.6 Å². The van der Waals surface area contributed by atoms with Gasteiger partial charge >= 0.3 is 0 Å². The Balaban J connectivity index is 1.48. The molecule has 4 rings (SSSR count). The van der Waals surface area contributed by atoms with Gasteiger partial charge in [0, 0.05) is 43.6 Å². The second kappa shape index (κ2) is 6.01. The van der Waals surface area contributed by atoms with Crippen LogP contribution in [0.2, 0.25) is 0 Å². The predicted octanol–water partition coefficient (Wildman–Crippen LogP) is 3.07. The van der Waals surface area contributed by atoms with E-state index in [1.807, 2.05) is 6.07 Å². The number of benzene rings is 1. The molecule has 0 amide bonds. The molecule has 2 saturated carbocycles. The summed E-state index contributed by atoms with van der Waals surface area (Å²) >= 11 is 0. The molecule has 3 atom stereocenters. The molecule has 1 heterocycles. The van der Waals surface area contributed by atoms with Gasteiger partial charge in [-0.05, 0) is 30.9 Å². The fourth-order valence-electron chi connectivity index (χ4n) is 5.29. The summed E-state index contributed by atoms with van der Waals surface area (Å²) in [4.78, 5) is 10.9. The van der Waals surface area contributed by atoms with Crippen molar-refractivity contribution >= 4 is 11.4 Å². The molecule has 24 heavy (non-hydrogen) atoms. The van der Waals surface area contributed by atoms with Crippen molar-refractivity contribution < 1.29 is 9.66 Å². The van der Waals surface area contributed by atoms with Gasteiger partial charge in [-0.2, -0.15) is 0 Å². The van der Waals surface area contributed by atoms with Crippen LogP contribution in [0.3, 0.4) is 0 Å². The van der Waals surface area contributed by atoms with Crippen LogP contribution in [0.15, 0.2) is 18.2 Å². The molecule has 0 radical (unpaired) electrons. The molecular weight excluding hydrogens is 306 g/mol. The molecule has 2 N–H and O–H groups in total. The lowest BCUT2D eigenvalue weighted by atomic mass is 9.54. The normalized spacial score (nSPS) is 30.1. The first-order valence-electron chi connectivity index (χ1n) is 8.96. The van der Waals surface area contributed by atoms with E-state index in [4.69, 9.17) is 4.74 Å². The van der Waals surface area contributed by atoms with Crippen LogP contribution in [0.4, 0.5) is 11.4 Å². The SMILES string of the molecule is CNc1ccc(CN[C@@H]2[C@@H]3CCO[C@@H]3C23CCCC3)cc1[N+](=O)[O-]. The molecule has 0 unspecified atom stereocenters. The summed E-state index contributed by atoms with van der Waals surface area (Å²) in [5.41, 5.74) is 1.99. The number of hydrogen-bond acceptors (Lipinski definition) is 5. The lowest BCUT2D eigenvalue weighted by Gasteiger charge is -2.57. The third kappa shape index (κ3) is 2.31. The van der Waals surface area contributed by atoms with E-state index in [9.17, 15) is 10.1 Å². The van der Waals surface area contributed by atoms with E-state index in [2.05, 4.69) is 10.6 Å². The predicted molar refractivity (Wildman–Crippen MR) is 92.0 cm³/mol. The fraction of sp³-hybridized carbons (Fsp3) is 0.667. The Morgan fingerprint density at radius 3 is 2.88 bits per heavy atom. The van der Waals surface area contributed by atoms with Crippen LogP contribution < -0.4 is 10.6 Å². The summed E-state index contributed by atoms with van der Waals surface area (Å²) in [6, 6.07) is 5.94. The topological polar surface area (TPSA) is 76.4 Å². The van der Waals surface area contributed by atoms with Gasteiger partial charge in [-0.3, -0.25) is 10.1 Å². The van der Waals surface area contributed by atoms with E-state index >= 15 is 0 Å². The zero-order chi connectivity index (χ0) is 16.7. The molecule has 0 bridgehead atoms. The van der Waals surface area contributed by atoms with Crippen molar-refractivity contribution in [2.75, 3.05) is 19.0 Å². The van der Waals surface area contributed by atoms with Crippen molar-refractivity contribution in [3.63, 3.8) is 0 Å². The minimum Gasteiger partial charge on any atom is -0.383 e. The molecular formula is C18H25N3O3. The van der Waals surface area contributed by atoms with E-state index < -0.39 is 0 Å². The first-order valence-corrected chi connectivity index (χ1v) is 8.96. The van der Waals surface area contributed by atoms with Gasteiger partial charge in [-0.1, -0.05) is 18.9 Å². The second-order valence-electron chi connectivity index (χ2n) is 7.40. The third-order valence-corrected chi connectivity index (χ3v) is 6.34. The quantitative estimate of drug-likeness (QED) is 0.640. The molecule has 1 spiro atoms. The smallest absolute Gasteiger partial charge is 0.292 e. The summed E-state index contributed by atoms with van der Waals surface area (Å²) in [6.45, 7) is 1.57. The Bertz CT molecular complexity index is 642. The summed E-state index contributed by atoms with van der Waals surface area (Å²) in [5.74, 6) is 0.620. The first-order chi connectivity index (χ1) is 11.7. The Labute approximate surface area is 142 Å². The van der Waals surface area contributed by atoms with Crippen molar-refractivity contribution in [3.05, 3.63) is 33.9 Å². The van der Waals surface area contributed by atoms with Gasteiger partial charge in [0.15, 0.2) is 0 Å². The number of rotatable bonds is 5. The number of nitrogens with one attached hydrogen (secondary N) is 2. The summed E-state index contributed by atoms with van der Waals surface area (Å²) in [7, 11) is 1.71. The molecule has 1 aliphatic heterocycles. The number of nitrogens with zero attached hydrogens (tertiary/aromatic N) is 1. The third-order valence-electron chi connectivity index (χ3n) is 6.34. The Kier molecular flexibility index (Phi) is 3.96. The number of fused-ring (bicyclic) bond motifs is 2. The van der Waals surface area contributed by atoms with Crippen LogP contribution in [0.1, 0.15) is 37.7 Å².